The first-order valence-electron chi connectivity index (χ1n) is 5.53. The van der Waals surface area contributed by atoms with Crippen LogP contribution in [0.1, 0.15) is 10.4 Å². The Morgan fingerprint density at radius 2 is 2.00 bits per heavy atom. The monoisotopic (exact) mass is 268 g/mol. The maximum atomic E-state index is 11.8. The van der Waals surface area contributed by atoms with Crippen LogP contribution < -0.4 is 11.1 Å². The number of aliphatic hydroxyl groups excluding tert-OH is 1. The highest BCUT2D eigenvalue weighted by atomic mass is 16.6. The van der Waals surface area contributed by atoms with Gasteiger partial charge in [0, 0.05) is 12.7 Å². The number of hydrogen-bond donors (Lipinski definition) is 3. The third kappa shape index (κ3) is 4.94. The van der Waals surface area contributed by atoms with Gasteiger partial charge in [0.05, 0.1) is 6.61 Å². The summed E-state index contributed by atoms with van der Waals surface area (Å²) in [5.41, 5.74) is 5.23. The molecule has 0 heterocycles. The van der Waals surface area contributed by atoms with Gasteiger partial charge in [0.1, 0.15) is 0 Å². The van der Waals surface area contributed by atoms with Gasteiger partial charge in [-0.05, 0) is 12.1 Å². The van der Waals surface area contributed by atoms with Crippen LogP contribution in [-0.4, -0.2) is 43.2 Å². The van der Waals surface area contributed by atoms with Crippen molar-refractivity contribution in [2.45, 2.75) is 12.3 Å². The minimum Gasteiger partial charge on any atom is -0.439 e. The van der Waals surface area contributed by atoms with E-state index in [2.05, 4.69) is 10.1 Å². The number of methoxy groups -OCH3 is 1. The Morgan fingerprint density at radius 1 is 1.37 bits per heavy atom. The van der Waals surface area contributed by atoms with Crippen LogP contribution in [0.5, 0.6) is 0 Å². The van der Waals surface area contributed by atoms with Crippen molar-refractivity contribution in [1.82, 2.24) is 5.32 Å². The average molecular weight is 268 g/mol. The number of nitrogens with one attached hydrogen (secondary N) is 1. The molecule has 4 N–H and O–H groups in total. The molecule has 0 fully saturated rings. The van der Waals surface area contributed by atoms with Gasteiger partial charge in [-0.1, -0.05) is 18.2 Å². The molecule has 19 heavy (non-hydrogen) atoms. The summed E-state index contributed by atoms with van der Waals surface area (Å²) in [6.45, 7) is -0.0980. The third-order valence-electron chi connectivity index (χ3n) is 2.27. The molecule has 1 aromatic rings. The van der Waals surface area contributed by atoms with Gasteiger partial charge < -0.3 is 25.6 Å². The van der Waals surface area contributed by atoms with Crippen LogP contribution in [0.3, 0.4) is 0 Å². The van der Waals surface area contributed by atoms with E-state index in [9.17, 15) is 14.7 Å². The first-order chi connectivity index (χ1) is 9.04. The lowest BCUT2D eigenvalue weighted by Gasteiger charge is -2.22. The highest BCUT2D eigenvalue weighted by Gasteiger charge is 2.24. The largest absolute Gasteiger partial charge is 0.439 e. The first kappa shape index (κ1) is 14.9. The van der Waals surface area contributed by atoms with E-state index in [4.69, 9.17) is 10.5 Å². The van der Waals surface area contributed by atoms with Crippen LogP contribution in [0.25, 0.3) is 0 Å². The van der Waals surface area contributed by atoms with E-state index in [-0.39, 0.29) is 6.61 Å². The van der Waals surface area contributed by atoms with Crippen LogP contribution in [-0.2, 0) is 9.47 Å². The Balaban J connectivity index is 2.63. The lowest BCUT2D eigenvalue weighted by atomic mass is 10.2. The van der Waals surface area contributed by atoms with Gasteiger partial charge in [-0.2, -0.15) is 0 Å². The number of hydrogen-bond acceptors (Lipinski definition) is 5. The fourth-order valence-electron chi connectivity index (χ4n) is 1.40. The van der Waals surface area contributed by atoms with Crippen molar-refractivity contribution >= 4 is 12.0 Å². The highest BCUT2D eigenvalue weighted by Crippen LogP contribution is 2.02. The van der Waals surface area contributed by atoms with Crippen molar-refractivity contribution in [3.63, 3.8) is 0 Å². The summed E-state index contributed by atoms with van der Waals surface area (Å²) in [6.07, 6.45) is -3.55. The number of benzene rings is 1. The lowest BCUT2D eigenvalue weighted by Crippen LogP contribution is -2.47. The van der Waals surface area contributed by atoms with Crippen LogP contribution in [0, 0.1) is 0 Å². The van der Waals surface area contributed by atoms with Crippen molar-refractivity contribution in [2.24, 2.45) is 5.73 Å². The van der Waals surface area contributed by atoms with Gasteiger partial charge in [-0.25, -0.2) is 4.79 Å². The van der Waals surface area contributed by atoms with E-state index in [0.29, 0.717) is 5.56 Å². The van der Waals surface area contributed by atoms with Gasteiger partial charge in [0.2, 0.25) is 0 Å². The summed E-state index contributed by atoms with van der Waals surface area (Å²) in [4.78, 5) is 22.4. The third-order valence-corrected chi connectivity index (χ3v) is 2.27. The predicted octanol–water partition coefficient (Wildman–Crippen LogP) is -0.155. The number of aliphatic hydroxyl groups is 1. The lowest BCUT2D eigenvalue weighted by molar-refractivity contribution is -0.0435. The van der Waals surface area contributed by atoms with Gasteiger partial charge >= 0.3 is 6.09 Å². The molecular formula is C12H16N2O5. The molecule has 2 amide bonds. The second kappa shape index (κ2) is 7.34. The Hall–Kier alpha value is -2.12. The molecule has 0 radical (unpaired) electrons. The standard InChI is InChI=1S/C12H16N2O5/c1-18-7-9(19-12(13)17)11(16)14-10(15)8-5-3-2-4-6-8/h2-6,9,11,16H,7H2,1H3,(H2,13,17)(H,14,15). The van der Waals surface area contributed by atoms with Crippen molar-refractivity contribution in [2.75, 3.05) is 13.7 Å². The minimum atomic E-state index is -1.42. The Labute approximate surface area is 110 Å². The summed E-state index contributed by atoms with van der Waals surface area (Å²) in [5, 5.41) is 12.1. The molecule has 104 valence electrons. The molecule has 2 atom stereocenters. The second-order valence-corrected chi connectivity index (χ2v) is 3.72. The smallest absolute Gasteiger partial charge is 0.405 e. The SMILES string of the molecule is COCC(OC(N)=O)C(O)NC(=O)c1ccccc1. The summed E-state index contributed by atoms with van der Waals surface area (Å²) < 4.78 is 9.41. The molecule has 1 rings (SSSR count). The molecule has 2 unspecified atom stereocenters. The fourth-order valence-corrected chi connectivity index (χ4v) is 1.40. The summed E-state index contributed by atoms with van der Waals surface area (Å²) in [5.74, 6) is -0.498. The number of ether oxygens (including phenoxy) is 2. The first-order valence-corrected chi connectivity index (χ1v) is 5.53. The molecule has 0 bridgehead atoms. The maximum Gasteiger partial charge on any atom is 0.405 e. The van der Waals surface area contributed by atoms with Crippen molar-refractivity contribution in [3.8, 4) is 0 Å². The van der Waals surface area contributed by atoms with E-state index in [1.165, 1.54) is 7.11 Å². The normalized spacial score (nSPS) is 13.4. The molecule has 0 aliphatic carbocycles. The van der Waals surface area contributed by atoms with E-state index < -0.39 is 24.3 Å². The highest BCUT2D eigenvalue weighted by molar-refractivity contribution is 5.94. The van der Waals surface area contributed by atoms with Crippen LogP contribution in [0.2, 0.25) is 0 Å². The molecule has 1 aromatic carbocycles. The summed E-state index contributed by atoms with van der Waals surface area (Å²) >= 11 is 0. The zero-order valence-electron chi connectivity index (χ0n) is 10.4. The average Bonchev–Trinajstić information content (AvgIpc) is 2.38. The van der Waals surface area contributed by atoms with E-state index in [1.807, 2.05) is 0 Å². The molecule has 0 spiro atoms. The van der Waals surface area contributed by atoms with Crippen molar-refractivity contribution < 1.29 is 24.2 Å². The van der Waals surface area contributed by atoms with Gasteiger partial charge in [-0.15, -0.1) is 0 Å². The van der Waals surface area contributed by atoms with Gasteiger partial charge in [0.25, 0.3) is 5.91 Å². The molecular weight excluding hydrogens is 252 g/mol. The Kier molecular flexibility index (Phi) is 5.77. The number of rotatable bonds is 6. The number of nitrogens with two attached hydrogens (primary N) is 1. The second-order valence-electron chi connectivity index (χ2n) is 3.72. The molecule has 7 heteroatoms. The number of carbonyl (C=O) groups is 2. The fraction of sp³-hybridized carbons (Fsp3) is 0.333. The van der Waals surface area contributed by atoms with E-state index >= 15 is 0 Å². The predicted molar refractivity (Wildman–Crippen MR) is 66.2 cm³/mol. The Bertz CT molecular complexity index is 423. The Morgan fingerprint density at radius 3 is 2.53 bits per heavy atom. The molecule has 0 aliphatic heterocycles. The van der Waals surface area contributed by atoms with Crippen LogP contribution in [0.15, 0.2) is 30.3 Å². The minimum absolute atomic E-state index is 0.0980. The maximum absolute atomic E-state index is 11.8. The molecule has 0 aliphatic rings. The molecule has 0 saturated carbocycles. The zero-order valence-corrected chi connectivity index (χ0v) is 10.4. The number of amides is 2. The van der Waals surface area contributed by atoms with E-state index in [0.717, 1.165) is 0 Å². The zero-order chi connectivity index (χ0) is 14.3. The van der Waals surface area contributed by atoms with Crippen molar-refractivity contribution in [1.29, 1.82) is 0 Å². The van der Waals surface area contributed by atoms with Crippen molar-refractivity contribution in [3.05, 3.63) is 35.9 Å². The quantitative estimate of drug-likeness (QED) is 0.621. The molecule has 7 nitrogen and oxygen atoms in total. The van der Waals surface area contributed by atoms with E-state index in [1.54, 1.807) is 30.3 Å². The van der Waals surface area contributed by atoms with Gasteiger partial charge in [-0.3, -0.25) is 4.79 Å². The molecule has 0 saturated heterocycles. The number of carbonyl (C=O) groups excluding carboxylic acids is 2. The van der Waals surface area contributed by atoms with Gasteiger partial charge in [0.15, 0.2) is 12.3 Å². The summed E-state index contributed by atoms with van der Waals surface area (Å²) in [7, 11) is 1.36. The van der Waals surface area contributed by atoms with Crippen LogP contribution >= 0.6 is 0 Å². The topological polar surface area (TPSA) is 111 Å². The summed E-state index contributed by atoms with van der Waals surface area (Å²) in [6, 6.07) is 8.31. The molecule has 0 aromatic heterocycles. The number of primary amides is 1. The van der Waals surface area contributed by atoms with Crippen LogP contribution in [0.4, 0.5) is 4.79 Å².